The zero-order valence-electron chi connectivity index (χ0n) is 20.5. The number of aromatic nitrogens is 1. The van der Waals surface area contributed by atoms with Crippen LogP contribution < -0.4 is 9.64 Å². The Labute approximate surface area is 229 Å². The van der Waals surface area contributed by atoms with Crippen LogP contribution in [0.5, 0.6) is 5.75 Å². The Hall–Kier alpha value is -1.80. The first-order chi connectivity index (χ1) is 17.9. The summed E-state index contributed by atoms with van der Waals surface area (Å²) in [7, 11) is -2.05. The van der Waals surface area contributed by atoms with E-state index in [2.05, 4.69) is 4.90 Å². The molecule has 0 N–H and O–H groups in total. The summed E-state index contributed by atoms with van der Waals surface area (Å²) in [6.07, 6.45) is 1.25. The van der Waals surface area contributed by atoms with Gasteiger partial charge in [-0.05, 0) is 36.4 Å². The summed E-state index contributed by atoms with van der Waals surface area (Å²) in [6, 6.07) is 6.86. The Bertz CT molecular complexity index is 1340. The summed E-state index contributed by atoms with van der Waals surface area (Å²) in [5.74, 6) is 0.0133. The summed E-state index contributed by atoms with van der Waals surface area (Å²) in [6.45, 7) is 4.61. The number of halogens is 1. The number of rotatable bonds is 8. The van der Waals surface area contributed by atoms with Crippen LogP contribution in [0.2, 0.25) is 5.02 Å². The van der Waals surface area contributed by atoms with Crippen LogP contribution >= 0.6 is 34.3 Å². The number of piperidine rings is 1. The van der Waals surface area contributed by atoms with Gasteiger partial charge in [0.1, 0.15) is 15.5 Å². The second kappa shape index (κ2) is 11.5. The highest BCUT2D eigenvalue weighted by molar-refractivity contribution is 7.91. The highest BCUT2D eigenvalue weighted by Gasteiger charge is 2.37. The molecule has 0 spiro atoms. The molecule has 9 nitrogen and oxygen atoms in total. The molecule has 4 heterocycles. The summed E-state index contributed by atoms with van der Waals surface area (Å²) in [5, 5.41) is 2.84. The van der Waals surface area contributed by atoms with Gasteiger partial charge in [0.25, 0.3) is 10.0 Å². The van der Waals surface area contributed by atoms with Gasteiger partial charge in [0.2, 0.25) is 5.91 Å². The molecule has 1 unspecified atom stereocenters. The largest absolute Gasteiger partial charge is 0.494 e. The zero-order valence-corrected chi connectivity index (χ0v) is 23.7. The normalized spacial score (nSPS) is 19.8. The number of methoxy groups -OCH3 is 1. The van der Waals surface area contributed by atoms with Gasteiger partial charge in [-0.25, -0.2) is 13.4 Å². The lowest BCUT2D eigenvalue weighted by Crippen LogP contribution is -2.49. The first-order valence-corrected chi connectivity index (χ1v) is 15.7. The van der Waals surface area contributed by atoms with Crippen molar-refractivity contribution >= 4 is 65.6 Å². The number of fused-ring (bicyclic) bond motifs is 1. The van der Waals surface area contributed by atoms with Crippen molar-refractivity contribution in [1.29, 1.82) is 0 Å². The van der Waals surface area contributed by atoms with Crippen LogP contribution in [0.4, 0.5) is 5.13 Å². The standard InChI is InChI=1S/C24H29ClN4O5S3/c1-33-19-7-6-18(25)22-21(19)26-24(36-22)29(10-9-27-11-13-34-14-12-27)23(30)17-4-2-8-28(16-17)37(31,32)20-5-3-15-35-20/h3,5-7,15,17H,2,4,8-14,16H2,1H3. The minimum Gasteiger partial charge on any atom is -0.494 e. The van der Waals surface area contributed by atoms with Gasteiger partial charge in [-0.2, -0.15) is 4.31 Å². The molecule has 5 rings (SSSR count). The van der Waals surface area contributed by atoms with Crippen LogP contribution in [0.1, 0.15) is 12.8 Å². The third kappa shape index (κ3) is 5.65. The summed E-state index contributed by atoms with van der Waals surface area (Å²) < 4.78 is 39.8. The fourth-order valence-corrected chi connectivity index (χ4v) is 8.66. The van der Waals surface area contributed by atoms with Gasteiger partial charge in [-0.1, -0.05) is 29.0 Å². The van der Waals surface area contributed by atoms with Gasteiger partial charge in [0, 0.05) is 39.3 Å². The highest BCUT2D eigenvalue weighted by Crippen LogP contribution is 2.39. The molecule has 2 saturated heterocycles. The number of ether oxygens (including phenoxy) is 2. The van der Waals surface area contributed by atoms with Crippen LogP contribution in [-0.2, 0) is 19.6 Å². The van der Waals surface area contributed by atoms with Gasteiger partial charge in [-0.3, -0.25) is 14.6 Å². The van der Waals surface area contributed by atoms with Gasteiger partial charge < -0.3 is 9.47 Å². The molecule has 2 aliphatic heterocycles. The number of sulfonamides is 1. The predicted octanol–water partition coefficient (Wildman–Crippen LogP) is 3.79. The molecule has 2 aliphatic rings. The number of amides is 1. The number of carbonyl (C=O) groups is 1. The van der Waals surface area contributed by atoms with E-state index in [1.165, 1.54) is 27.0 Å². The number of carbonyl (C=O) groups excluding carboxylic acids is 1. The lowest BCUT2D eigenvalue weighted by Gasteiger charge is -2.34. The lowest BCUT2D eigenvalue weighted by molar-refractivity contribution is -0.123. The number of anilines is 1. The molecule has 200 valence electrons. The fourth-order valence-electron chi connectivity index (χ4n) is 4.71. The topological polar surface area (TPSA) is 92.3 Å². The molecule has 0 saturated carbocycles. The molecule has 0 radical (unpaired) electrons. The molecule has 1 atom stereocenters. The van der Waals surface area contributed by atoms with Crippen LogP contribution in [0, 0.1) is 5.92 Å². The van der Waals surface area contributed by atoms with Gasteiger partial charge in [0.05, 0.1) is 36.0 Å². The summed E-state index contributed by atoms with van der Waals surface area (Å²) in [4.78, 5) is 22.8. The zero-order chi connectivity index (χ0) is 26.0. The third-order valence-electron chi connectivity index (χ3n) is 6.73. The highest BCUT2D eigenvalue weighted by atomic mass is 35.5. The number of nitrogens with zero attached hydrogens (tertiary/aromatic N) is 4. The molecular formula is C24H29ClN4O5S3. The molecule has 2 fully saturated rings. The SMILES string of the molecule is COc1ccc(Cl)c2sc(N(CCN3CCOCC3)C(=O)C3CCCN(S(=O)(=O)c4cccs4)C3)nc12. The molecule has 13 heteroatoms. The van der Waals surface area contributed by atoms with E-state index in [9.17, 15) is 13.2 Å². The molecule has 3 aromatic rings. The van der Waals surface area contributed by atoms with E-state index in [1.807, 2.05) is 0 Å². The summed E-state index contributed by atoms with van der Waals surface area (Å²) >= 11 is 9.01. The maximum Gasteiger partial charge on any atom is 0.252 e. The van der Waals surface area contributed by atoms with Crippen molar-refractivity contribution in [3.8, 4) is 5.75 Å². The van der Waals surface area contributed by atoms with Crippen molar-refractivity contribution in [2.45, 2.75) is 17.1 Å². The van der Waals surface area contributed by atoms with Crippen molar-refractivity contribution in [1.82, 2.24) is 14.2 Å². The van der Waals surface area contributed by atoms with Gasteiger partial charge in [-0.15, -0.1) is 11.3 Å². The Morgan fingerprint density at radius 3 is 2.81 bits per heavy atom. The van der Waals surface area contributed by atoms with Crippen LogP contribution in [-0.4, -0.2) is 88.1 Å². The molecule has 1 aromatic carbocycles. The molecule has 37 heavy (non-hydrogen) atoms. The van der Waals surface area contributed by atoms with Crippen molar-refractivity contribution < 1.29 is 22.7 Å². The fraction of sp³-hybridized carbons (Fsp3) is 0.500. The van der Waals surface area contributed by atoms with Crippen molar-refractivity contribution in [2.24, 2.45) is 5.92 Å². The molecule has 2 aromatic heterocycles. The van der Waals surface area contributed by atoms with Crippen molar-refractivity contribution in [2.75, 3.05) is 64.5 Å². The number of hydrogen-bond acceptors (Lipinski definition) is 9. The minimum atomic E-state index is -3.63. The van der Waals surface area contributed by atoms with Crippen molar-refractivity contribution in [3.63, 3.8) is 0 Å². The Balaban J connectivity index is 1.43. The number of morpholine rings is 1. The second-order valence-corrected chi connectivity index (χ2v) is 13.5. The average molecular weight is 585 g/mol. The Morgan fingerprint density at radius 1 is 1.27 bits per heavy atom. The predicted molar refractivity (Wildman–Crippen MR) is 147 cm³/mol. The molecule has 0 aliphatic carbocycles. The molecular weight excluding hydrogens is 556 g/mol. The van der Waals surface area contributed by atoms with E-state index in [0.717, 1.165) is 17.8 Å². The monoisotopic (exact) mass is 584 g/mol. The second-order valence-electron chi connectivity index (χ2n) is 9.00. The van der Waals surface area contributed by atoms with E-state index in [4.69, 9.17) is 26.1 Å². The van der Waals surface area contributed by atoms with Gasteiger partial charge >= 0.3 is 0 Å². The molecule has 1 amide bonds. The van der Waals surface area contributed by atoms with E-state index in [1.54, 1.807) is 41.7 Å². The maximum absolute atomic E-state index is 14.0. The first-order valence-electron chi connectivity index (χ1n) is 12.2. The molecule has 0 bridgehead atoms. The average Bonchev–Trinajstić information content (AvgIpc) is 3.62. The minimum absolute atomic E-state index is 0.117. The van der Waals surface area contributed by atoms with E-state index >= 15 is 0 Å². The third-order valence-corrected chi connectivity index (χ3v) is 11.5. The van der Waals surface area contributed by atoms with Gasteiger partial charge in [0.15, 0.2) is 5.13 Å². The van der Waals surface area contributed by atoms with Crippen LogP contribution in [0.25, 0.3) is 10.2 Å². The number of thiazole rings is 1. The summed E-state index contributed by atoms with van der Waals surface area (Å²) in [5.41, 5.74) is 0.615. The number of hydrogen-bond donors (Lipinski definition) is 0. The first kappa shape index (κ1) is 26.8. The number of benzene rings is 1. The van der Waals surface area contributed by atoms with E-state index in [-0.39, 0.29) is 12.5 Å². The quantitative estimate of drug-likeness (QED) is 0.398. The Kier molecular flexibility index (Phi) is 8.34. The van der Waals surface area contributed by atoms with Crippen molar-refractivity contribution in [3.05, 3.63) is 34.7 Å². The maximum atomic E-state index is 14.0. The number of thiophene rings is 1. The van der Waals surface area contributed by atoms with E-state index in [0.29, 0.717) is 71.3 Å². The lowest BCUT2D eigenvalue weighted by atomic mass is 9.98. The van der Waals surface area contributed by atoms with Crippen LogP contribution in [0.15, 0.2) is 33.9 Å². The van der Waals surface area contributed by atoms with Crippen LogP contribution in [0.3, 0.4) is 0 Å². The smallest absolute Gasteiger partial charge is 0.252 e. The Morgan fingerprint density at radius 2 is 2.08 bits per heavy atom. The van der Waals surface area contributed by atoms with E-state index < -0.39 is 15.9 Å².